The van der Waals surface area contributed by atoms with Crippen LogP contribution < -0.4 is 5.73 Å². The zero-order chi connectivity index (χ0) is 14.3. The molecule has 0 radical (unpaired) electrons. The Balaban J connectivity index is 2.22. The highest BCUT2D eigenvalue weighted by Gasteiger charge is 2.31. The molecule has 0 spiro atoms. The summed E-state index contributed by atoms with van der Waals surface area (Å²) in [6.07, 6.45) is -3.05. The first-order valence-electron chi connectivity index (χ1n) is 5.72. The van der Waals surface area contributed by atoms with E-state index in [1.54, 1.807) is 24.3 Å². The molecule has 102 valence electrons. The zero-order valence-corrected chi connectivity index (χ0v) is 10.1. The zero-order valence-electron chi connectivity index (χ0n) is 10.1. The van der Waals surface area contributed by atoms with Gasteiger partial charge in [0.2, 0.25) is 0 Å². The van der Waals surface area contributed by atoms with Crippen LogP contribution in [0.3, 0.4) is 0 Å². The van der Waals surface area contributed by atoms with E-state index in [2.05, 4.69) is 9.97 Å². The summed E-state index contributed by atoms with van der Waals surface area (Å²) in [5, 5.41) is 0. The number of halogens is 3. The topological polar surface area (TPSA) is 56.7 Å². The Morgan fingerprint density at radius 1 is 1.10 bits per heavy atom. The first kappa shape index (κ1) is 12.5. The minimum Gasteiger partial charge on any atom is -0.384 e. The lowest BCUT2D eigenvalue weighted by atomic mass is 10.2. The van der Waals surface area contributed by atoms with Crippen LogP contribution in [0.1, 0.15) is 5.56 Å². The third-order valence-electron chi connectivity index (χ3n) is 2.86. The number of nitrogens with zero attached hydrogens (tertiary/aromatic N) is 3. The van der Waals surface area contributed by atoms with Crippen LogP contribution >= 0.6 is 0 Å². The number of aromatic nitrogens is 3. The van der Waals surface area contributed by atoms with Crippen LogP contribution in [0.4, 0.5) is 19.0 Å². The Bertz CT molecular complexity index is 777. The van der Waals surface area contributed by atoms with E-state index in [9.17, 15) is 13.2 Å². The van der Waals surface area contributed by atoms with Gasteiger partial charge in [-0.3, -0.25) is 4.57 Å². The number of hydrogen-bond acceptors (Lipinski definition) is 3. The van der Waals surface area contributed by atoms with Gasteiger partial charge in [0.25, 0.3) is 0 Å². The second-order valence-corrected chi connectivity index (χ2v) is 4.24. The molecule has 3 rings (SSSR count). The summed E-state index contributed by atoms with van der Waals surface area (Å²) < 4.78 is 39.9. The molecule has 0 saturated heterocycles. The van der Waals surface area contributed by atoms with Crippen LogP contribution in [0.5, 0.6) is 0 Å². The normalized spacial score (nSPS) is 11.9. The Morgan fingerprint density at radius 3 is 2.60 bits per heavy atom. The number of pyridine rings is 1. The molecule has 0 amide bonds. The maximum Gasteiger partial charge on any atom is 0.416 e. The molecule has 2 aromatic heterocycles. The molecule has 2 N–H and O–H groups in total. The molecular weight excluding hydrogens is 269 g/mol. The number of anilines is 1. The van der Waals surface area contributed by atoms with Crippen LogP contribution in [0, 0.1) is 0 Å². The van der Waals surface area contributed by atoms with Gasteiger partial charge >= 0.3 is 6.18 Å². The van der Waals surface area contributed by atoms with Gasteiger partial charge in [-0.05, 0) is 24.3 Å². The van der Waals surface area contributed by atoms with Crippen molar-refractivity contribution in [2.45, 2.75) is 6.18 Å². The monoisotopic (exact) mass is 278 g/mol. The Hall–Kier alpha value is -2.57. The molecule has 7 heteroatoms. The summed E-state index contributed by atoms with van der Waals surface area (Å²) in [6, 6.07) is 8.85. The molecular formula is C13H9F3N4. The number of nitrogen functional groups attached to an aromatic ring is 1. The first-order valence-corrected chi connectivity index (χ1v) is 5.72. The molecule has 0 fully saturated rings. The number of benzene rings is 1. The van der Waals surface area contributed by atoms with Crippen LogP contribution in [-0.2, 0) is 6.18 Å². The maximum absolute atomic E-state index is 12.8. The van der Waals surface area contributed by atoms with E-state index >= 15 is 0 Å². The lowest BCUT2D eigenvalue weighted by Crippen LogP contribution is -2.09. The van der Waals surface area contributed by atoms with Gasteiger partial charge in [-0.2, -0.15) is 13.2 Å². The molecule has 0 unspecified atom stereocenters. The molecule has 4 nitrogen and oxygen atoms in total. The highest BCUT2D eigenvalue weighted by molar-refractivity contribution is 5.76. The summed E-state index contributed by atoms with van der Waals surface area (Å²) in [5.74, 6) is -0.0985. The lowest BCUT2D eigenvalue weighted by molar-refractivity contribution is -0.137. The fourth-order valence-corrected chi connectivity index (χ4v) is 1.97. The number of nitrogens with two attached hydrogens (primary N) is 1. The number of alkyl halides is 3. The highest BCUT2D eigenvalue weighted by atomic mass is 19.4. The van der Waals surface area contributed by atoms with Crippen molar-refractivity contribution in [3.63, 3.8) is 0 Å². The van der Waals surface area contributed by atoms with Gasteiger partial charge in [-0.1, -0.05) is 12.1 Å². The van der Waals surface area contributed by atoms with Crippen LogP contribution in [0.2, 0.25) is 0 Å². The fraction of sp³-hybridized carbons (Fsp3) is 0.0769. The van der Waals surface area contributed by atoms with Crippen molar-refractivity contribution in [2.75, 3.05) is 5.73 Å². The summed E-state index contributed by atoms with van der Waals surface area (Å²) in [4.78, 5) is 8.06. The molecule has 0 bridgehead atoms. The molecule has 1 aromatic carbocycles. The van der Waals surface area contributed by atoms with E-state index in [4.69, 9.17) is 5.73 Å². The van der Waals surface area contributed by atoms with Crippen molar-refractivity contribution < 1.29 is 13.2 Å². The Kier molecular flexibility index (Phi) is 2.63. The average molecular weight is 278 g/mol. The van der Waals surface area contributed by atoms with Gasteiger partial charge in [0.15, 0.2) is 0 Å². The van der Waals surface area contributed by atoms with Gasteiger partial charge < -0.3 is 5.73 Å². The van der Waals surface area contributed by atoms with E-state index in [-0.39, 0.29) is 11.6 Å². The molecule has 20 heavy (non-hydrogen) atoms. The summed E-state index contributed by atoms with van der Waals surface area (Å²) >= 11 is 0. The first-order chi connectivity index (χ1) is 9.45. The molecule has 0 aliphatic heterocycles. The van der Waals surface area contributed by atoms with E-state index in [0.29, 0.717) is 11.0 Å². The molecule has 0 aliphatic rings. The second-order valence-electron chi connectivity index (χ2n) is 4.24. The minimum absolute atomic E-state index is 0.0889. The third kappa shape index (κ3) is 2.07. The standard InChI is InChI=1S/C13H9F3N4/c14-13(15,16)8-5-11(17)19-12(6-8)20-7-18-9-3-1-2-4-10(9)20/h1-7H,(H2,17,19). The van der Waals surface area contributed by atoms with Crippen LogP contribution in [0.15, 0.2) is 42.7 Å². The number of imidazole rings is 1. The molecule has 0 atom stereocenters. The van der Waals surface area contributed by atoms with E-state index < -0.39 is 11.7 Å². The quantitative estimate of drug-likeness (QED) is 0.744. The minimum atomic E-state index is -4.47. The summed E-state index contributed by atoms with van der Waals surface area (Å²) in [7, 11) is 0. The van der Waals surface area contributed by atoms with Crippen molar-refractivity contribution in [3.05, 3.63) is 48.3 Å². The summed E-state index contributed by atoms with van der Waals surface area (Å²) in [6.45, 7) is 0. The van der Waals surface area contributed by atoms with Crippen molar-refractivity contribution in [2.24, 2.45) is 0 Å². The molecule has 0 saturated carbocycles. The number of hydrogen-bond donors (Lipinski definition) is 1. The number of fused-ring (bicyclic) bond motifs is 1. The smallest absolute Gasteiger partial charge is 0.384 e. The van der Waals surface area contributed by atoms with Crippen molar-refractivity contribution in [1.29, 1.82) is 0 Å². The highest BCUT2D eigenvalue weighted by Crippen LogP contribution is 2.31. The van der Waals surface area contributed by atoms with E-state index in [1.807, 2.05) is 0 Å². The SMILES string of the molecule is Nc1cc(C(F)(F)F)cc(-n2cnc3ccccc32)n1. The second kappa shape index (κ2) is 4.22. The van der Waals surface area contributed by atoms with Gasteiger partial charge in [-0.15, -0.1) is 0 Å². The predicted molar refractivity (Wildman–Crippen MR) is 68.3 cm³/mol. The van der Waals surface area contributed by atoms with Crippen LogP contribution in [-0.4, -0.2) is 14.5 Å². The van der Waals surface area contributed by atoms with Crippen LogP contribution in [0.25, 0.3) is 16.9 Å². The Labute approximate surface area is 111 Å². The fourth-order valence-electron chi connectivity index (χ4n) is 1.97. The average Bonchev–Trinajstić information content (AvgIpc) is 2.80. The predicted octanol–water partition coefficient (Wildman–Crippen LogP) is 3.02. The Morgan fingerprint density at radius 2 is 1.85 bits per heavy atom. The number of para-hydroxylation sites is 2. The largest absolute Gasteiger partial charge is 0.416 e. The van der Waals surface area contributed by atoms with Gasteiger partial charge in [0.1, 0.15) is 18.0 Å². The number of rotatable bonds is 1. The van der Waals surface area contributed by atoms with Gasteiger partial charge in [0, 0.05) is 0 Å². The van der Waals surface area contributed by atoms with E-state index in [1.165, 1.54) is 10.9 Å². The van der Waals surface area contributed by atoms with Crippen molar-refractivity contribution in [1.82, 2.24) is 14.5 Å². The van der Waals surface area contributed by atoms with E-state index in [0.717, 1.165) is 12.1 Å². The molecule has 2 heterocycles. The van der Waals surface area contributed by atoms with Crippen molar-refractivity contribution >= 4 is 16.9 Å². The lowest BCUT2D eigenvalue weighted by Gasteiger charge is -2.10. The third-order valence-corrected chi connectivity index (χ3v) is 2.86. The summed E-state index contributed by atoms with van der Waals surface area (Å²) in [5.41, 5.74) is 5.96. The molecule has 3 aromatic rings. The van der Waals surface area contributed by atoms with Gasteiger partial charge in [0.05, 0.1) is 16.6 Å². The maximum atomic E-state index is 12.8. The van der Waals surface area contributed by atoms with Gasteiger partial charge in [-0.25, -0.2) is 9.97 Å². The molecule has 0 aliphatic carbocycles. The van der Waals surface area contributed by atoms with Crippen molar-refractivity contribution in [3.8, 4) is 5.82 Å².